The van der Waals surface area contributed by atoms with E-state index in [-0.39, 0.29) is 6.61 Å². The number of hydrogen-bond donors (Lipinski definition) is 0. The monoisotopic (exact) mass is 295 g/mol. The molecule has 2 rings (SSSR count). The first kappa shape index (κ1) is 14.8. The lowest BCUT2D eigenvalue weighted by Gasteiger charge is -2.10. The van der Waals surface area contributed by atoms with Gasteiger partial charge >= 0.3 is 0 Å². The number of nitrogens with zero attached hydrogens (tertiary/aromatic N) is 1. The number of benzene rings is 1. The van der Waals surface area contributed by atoms with Gasteiger partial charge in [0, 0.05) is 10.4 Å². The van der Waals surface area contributed by atoms with Crippen LogP contribution < -0.4 is 9.47 Å². The van der Waals surface area contributed by atoms with E-state index in [1.165, 1.54) is 4.88 Å². The summed E-state index contributed by atoms with van der Waals surface area (Å²) >= 11 is 1.66. The largest absolute Gasteiger partial charge is 0.493 e. The third-order valence-corrected chi connectivity index (χ3v) is 4.03. The van der Waals surface area contributed by atoms with Crippen LogP contribution >= 0.6 is 11.3 Å². The van der Waals surface area contributed by atoms with E-state index in [9.17, 15) is 4.39 Å². The third-order valence-electron chi connectivity index (χ3n) is 2.97. The first-order valence-electron chi connectivity index (χ1n) is 6.53. The highest BCUT2D eigenvalue weighted by Gasteiger charge is 2.12. The highest BCUT2D eigenvalue weighted by molar-refractivity contribution is 7.15. The molecule has 20 heavy (non-hydrogen) atoms. The van der Waals surface area contributed by atoms with E-state index in [2.05, 4.69) is 18.8 Å². The topological polar surface area (TPSA) is 31.4 Å². The van der Waals surface area contributed by atoms with Crippen LogP contribution in [-0.2, 0) is 6.42 Å². The van der Waals surface area contributed by atoms with Crippen LogP contribution in [0.1, 0.15) is 17.5 Å². The second-order valence-electron chi connectivity index (χ2n) is 4.28. The molecule has 0 amide bonds. The molecule has 1 aromatic carbocycles. The maximum absolute atomic E-state index is 12.3. The van der Waals surface area contributed by atoms with Gasteiger partial charge in [-0.3, -0.25) is 0 Å². The van der Waals surface area contributed by atoms with E-state index in [0.29, 0.717) is 11.5 Å². The van der Waals surface area contributed by atoms with Crippen molar-refractivity contribution in [1.82, 2.24) is 4.98 Å². The van der Waals surface area contributed by atoms with Gasteiger partial charge in [0.1, 0.15) is 18.3 Å². The summed E-state index contributed by atoms with van der Waals surface area (Å²) in [5.74, 6) is 1.15. The molecule has 0 atom stereocenters. The molecule has 5 heteroatoms. The molecule has 1 aromatic heterocycles. The number of methoxy groups -OCH3 is 1. The minimum absolute atomic E-state index is 0.0247. The molecule has 3 nitrogen and oxygen atoms in total. The van der Waals surface area contributed by atoms with Crippen molar-refractivity contribution in [3.63, 3.8) is 0 Å². The fourth-order valence-corrected chi connectivity index (χ4v) is 2.95. The quantitative estimate of drug-likeness (QED) is 0.806. The van der Waals surface area contributed by atoms with Crippen LogP contribution in [0.4, 0.5) is 4.39 Å². The van der Waals surface area contributed by atoms with Crippen LogP contribution in [0.25, 0.3) is 10.6 Å². The zero-order chi connectivity index (χ0) is 14.5. The van der Waals surface area contributed by atoms with Gasteiger partial charge in [-0.25, -0.2) is 9.37 Å². The average molecular weight is 295 g/mol. The van der Waals surface area contributed by atoms with Gasteiger partial charge in [-0.15, -0.1) is 11.3 Å². The van der Waals surface area contributed by atoms with Gasteiger partial charge in [0.05, 0.1) is 12.8 Å². The Hall–Kier alpha value is -1.62. The van der Waals surface area contributed by atoms with Crippen LogP contribution in [0.2, 0.25) is 0 Å². The second kappa shape index (κ2) is 6.70. The molecule has 1 heterocycles. The number of hydrogen-bond acceptors (Lipinski definition) is 4. The highest BCUT2D eigenvalue weighted by Crippen LogP contribution is 2.35. The SMILES string of the molecule is CCc1nc(-c2ccc(OC)c(OCCF)c2)sc1C. The van der Waals surface area contributed by atoms with Crippen molar-refractivity contribution in [3.8, 4) is 22.1 Å². The fraction of sp³-hybridized carbons (Fsp3) is 0.400. The lowest BCUT2D eigenvalue weighted by Crippen LogP contribution is -2.00. The van der Waals surface area contributed by atoms with Crippen molar-refractivity contribution in [1.29, 1.82) is 0 Å². The Morgan fingerprint density at radius 1 is 1.30 bits per heavy atom. The molecular formula is C15H18FNO2S. The molecule has 0 saturated heterocycles. The van der Waals surface area contributed by atoms with Crippen molar-refractivity contribution >= 4 is 11.3 Å². The number of aromatic nitrogens is 1. The van der Waals surface area contributed by atoms with E-state index in [1.54, 1.807) is 18.4 Å². The first-order chi connectivity index (χ1) is 9.69. The lowest BCUT2D eigenvalue weighted by atomic mass is 10.2. The van der Waals surface area contributed by atoms with E-state index in [1.807, 2.05) is 18.2 Å². The van der Waals surface area contributed by atoms with Crippen LogP contribution in [0.3, 0.4) is 0 Å². The summed E-state index contributed by atoms with van der Waals surface area (Å²) in [6, 6.07) is 5.62. The summed E-state index contributed by atoms with van der Waals surface area (Å²) in [5.41, 5.74) is 2.08. The summed E-state index contributed by atoms with van der Waals surface area (Å²) in [7, 11) is 1.57. The number of aryl methyl sites for hydroxylation is 2. The Morgan fingerprint density at radius 2 is 2.10 bits per heavy atom. The van der Waals surface area contributed by atoms with E-state index < -0.39 is 6.67 Å². The predicted molar refractivity (Wildman–Crippen MR) is 79.7 cm³/mol. The lowest BCUT2D eigenvalue weighted by molar-refractivity contribution is 0.260. The van der Waals surface area contributed by atoms with Crippen molar-refractivity contribution in [2.45, 2.75) is 20.3 Å². The smallest absolute Gasteiger partial charge is 0.161 e. The third kappa shape index (κ3) is 3.10. The number of halogens is 1. The van der Waals surface area contributed by atoms with Gasteiger partial charge in [0.25, 0.3) is 0 Å². The summed E-state index contributed by atoms with van der Waals surface area (Å²) in [6.07, 6.45) is 0.920. The predicted octanol–water partition coefficient (Wildman–Crippen LogP) is 4.04. The minimum Gasteiger partial charge on any atom is -0.493 e. The van der Waals surface area contributed by atoms with E-state index in [4.69, 9.17) is 9.47 Å². The molecule has 0 radical (unpaired) electrons. The molecule has 0 N–H and O–H groups in total. The zero-order valence-electron chi connectivity index (χ0n) is 11.9. The molecule has 2 aromatic rings. The standard InChI is InChI=1S/C15H18FNO2S/c1-4-12-10(2)20-15(17-12)11-5-6-13(18-3)14(9-11)19-8-7-16/h5-6,9H,4,7-8H2,1-3H3. The van der Waals surface area contributed by atoms with E-state index >= 15 is 0 Å². The molecule has 0 unspecified atom stereocenters. The molecule has 0 aliphatic carbocycles. The molecule has 0 fully saturated rings. The highest BCUT2D eigenvalue weighted by atomic mass is 32.1. The van der Waals surface area contributed by atoms with Gasteiger partial charge in [0.15, 0.2) is 11.5 Å². The molecular weight excluding hydrogens is 277 g/mol. The minimum atomic E-state index is -0.524. The number of alkyl halides is 1. The molecule has 0 aliphatic rings. The van der Waals surface area contributed by atoms with Crippen LogP contribution in [0, 0.1) is 6.92 Å². The first-order valence-corrected chi connectivity index (χ1v) is 7.34. The zero-order valence-corrected chi connectivity index (χ0v) is 12.7. The number of ether oxygens (including phenoxy) is 2. The fourth-order valence-electron chi connectivity index (χ4n) is 1.95. The molecule has 108 valence electrons. The Bertz CT molecular complexity index is 583. The normalized spacial score (nSPS) is 10.6. The van der Waals surface area contributed by atoms with Gasteiger partial charge in [-0.2, -0.15) is 0 Å². The van der Waals surface area contributed by atoms with Gasteiger partial charge in [-0.1, -0.05) is 6.92 Å². The summed E-state index contributed by atoms with van der Waals surface area (Å²) < 4.78 is 22.9. The number of rotatable bonds is 6. The van der Waals surface area contributed by atoms with E-state index in [0.717, 1.165) is 22.7 Å². The summed E-state index contributed by atoms with van der Waals surface area (Å²) in [6.45, 7) is 3.67. The summed E-state index contributed by atoms with van der Waals surface area (Å²) in [4.78, 5) is 5.85. The van der Waals surface area contributed by atoms with Crippen LogP contribution in [-0.4, -0.2) is 25.4 Å². The van der Waals surface area contributed by atoms with Gasteiger partial charge < -0.3 is 9.47 Å². The van der Waals surface area contributed by atoms with Crippen molar-refractivity contribution in [3.05, 3.63) is 28.8 Å². The maximum atomic E-state index is 12.3. The second-order valence-corrected chi connectivity index (χ2v) is 5.48. The molecule has 0 saturated carbocycles. The summed E-state index contributed by atoms with van der Waals surface area (Å²) in [5, 5.41) is 0.951. The Morgan fingerprint density at radius 3 is 2.70 bits per heavy atom. The van der Waals surface area contributed by atoms with Gasteiger partial charge in [-0.05, 0) is 31.5 Å². The Balaban J connectivity index is 2.36. The van der Waals surface area contributed by atoms with Crippen LogP contribution in [0.5, 0.6) is 11.5 Å². The molecule has 0 spiro atoms. The van der Waals surface area contributed by atoms with Crippen molar-refractivity contribution < 1.29 is 13.9 Å². The van der Waals surface area contributed by atoms with Crippen molar-refractivity contribution in [2.75, 3.05) is 20.4 Å². The maximum Gasteiger partial charge on any atom is 0.161 e. The Labute approximate surface area is 122 Å². The molecule has 0 bridgehead atoms. The van der Waals surface area contributed by atoms with Gasteiger partial charge in [0.2, 0.25) is 0 Å². The van der Waals surface area contributed by atoms with Crippen molar-refractivity contribution in [2.24, 2.45) is 0 Å². The van der Waals surface area contributed by atoms with Crippen LogP contribution in [0.15, 0.2) is 18.2 Å². The number of thiazole rings is 1. The Kier molecular flexibility index (Phi) is 4.95. The molecule has 0 aliphatic heterocycles. The average Bonchev–Trinajstić information content (AvgIpc) is 2.85.